The highest BCUT2D eigenvalue weighted by molar-refractivity contribution is 5.05. The lowest BCUT2D eigenvalue weighted by atomic mass is 9.84. The van der Waals surface area contributed by atoms with Crippen LogP contribution in [0.2, 0.25) is 0 Å². The molecule has 2 aromatic heterocycles. The van der Waals surface area contributed by atoms with Gasteiger partial charge in [0.1, 0.15) is 11.5 Å². The monoisotopic (exact) mass is 204 g/mol. The van der Waals surface area contributed by atoms with Gasteiger partial charge in [-0.2, -0.15) is 0 Å². The molecule has 0 amide bonds. The van der Waals surface area contributed by atoms with Gasteiger partial charge in [0.2, 0.25) is 0 Å². The van der Waals surface area contributed by atoms with Crippen molar-refractivity contribution in [2.24, 2.45) is 5.41 Å². The number of hydrogen-bond donors (Lipinski definition) is 0. The second kappa shape index (κ2) is 3.97. The average Bonchev–Trinajstić information content (AvgIpc) is 2.75. The largest absolute Gasteiger partial charge is 0.469 e. The summed E-state index contributed by atoms with van der Waals surface area (Å²) in [6.07, 6.45) is 5.30. The van der Waals surface area contributed by atoms with Crippen LogP contribution in [0.1, 0.15) is 25.4 Å². The fraction of sp³-hybridized carbons (Fsp3) is 0.385. The molecule has 2 heteroatoms. The van der Waals surface area contributed by atoms with Crippen LogP contribution < -0.4 is 0 Å². The summed E-state index contributed by atoms with van der Waals surface area (Å²) in [6.45, 7) is 4.44. The maximum absolute atomic E-state index is 5.36. The molecule has 0 unspecified atom stereocenters. The Labute approximate surface area is 89.9 Å². The van der Waals surface area contributed by atoms with Gasteiger partial charge in [0, 0.05) is 12.8 Å². The predicted octanol–water partition coefficient (Wildman–Crippen LogP) is 3.68. The normalized spacial score (nSPS) is 11.9. The van der Waals surface area contributed by atoms with E-state index in [2.05, 4.69) is 13.8 Å². The molecule has 0 saturated carbocycles. The second-order valence-corrected chi connectivity index (χ2v) is 4.68. The molecule has 2 heterocycles. The van der Waals surface area contributed by atoms with Gasteiger partial charge in [0.25, 0.3) is 0 Å². The summed E-state index contributed by atoms with van der Waals surface area (Å²) in [5.74, 6) is 2.07. The van der Waals surface area contributed by atoms with E-state index in [1.807, 2.05) is 24.3 Å². The predicted molar refractivity (Wildman–Crippen MR) is 58.6 cm³/mol. The zero-order chi connectivity index (χ0) is 10.7. The molecule has 0 saturated heterocycles. The lowest BCUT2D eigenvalue weighted by Gasteiger charge is -2.21. The summed E-state index contributed by atoms with van der Waals surface area (Å²) >= 11 is 0. The molecular formula is C13H16O2. The summed E-state index contributed by atoms with van der Waals surface area (Å²) in [6, 6.07) is 7.89. The van der Waals surface area contributed by atoms with Crippen molar-refractivity contribution in [3.05, 3.63) is 48.3 Å². The molecule has 0 atom stereocenters. The van der Waals surface area contributed by atoms with Gasteiger partial charge in [-0.1, -0.05) is 13.8 Å². The van der Waals surface area contributed by atoms with Crippen molar-refractivity contribution in [2.45, 2.75) is 26.7 Å². The Hall–Kier alpha value is -1.44. The first kappa shape index (κ1) is 10.1. The molecule has 0 fully saturated rings. The van der Waals surface area contributed by atoms with Crippen LogP contribution in [0.3, 0.4) is 0 Å². The summed E-state index contributed by atoms with van der Waals surface area (Å²) in [7, 11) is 0. The maximum Gasteiger partial charge on any atom is 0.104 e. The van der Waals surface area contributed by atoms with Crippen LogP contribution in [-0.4, -0.2) is 0 Å². The van der Waals surface area contributed by atoms with Gasteiger partial charge >= 0.3 is 0 Å². The van der Waals surface area contributed by atoms with E-state index in [0.29, 0.717) is 0 Å². The van der Waals surface area contributed by atoms with Crippen molar-refractivity contribution >= 4 is 0 Å². The smallest absolute Gasteiger partial charge is 0.104 e. The van der Waals surface area contributed by atoms with Gasteiger partial charge in [-0.25, -0.2) is 0 Å². The van der Waals surface area contributed by atoms with E-state index in [1.165, 1.54) is 0 Å². The molecule has 0 bridgehead atoms. The molecule has 0 aliphatic carbocycles. The molecule has 2 rings (SSSR count). The average molecular weight is 204 g/mol. The van der Waals surface area contributed by atoms with Crippen molar-refractivity contribution in [3.63, 3.8) is 0 Å². The van der Waals surface area contributed by atoms with E-state index in [4.69, 9.17) is 8.83 Å². The van der Waals surface area contributed by atoms with Crippen LogP contribution in [-0.2, 0) is 12.8 Å². The highest BCUT2D eigenvalue weighted by Gasteiger charge is 2.21. The minimum atomic E-state index is 0.162. The Balaban J connectivity index is 2.01. The third-order valence-electron chi connectivity index (χ3n) is 2.47. The molecule has 0 aromatic carbocycles. The minimum Gasteiger partial charge on any atom is -0.469 e. The molecular weight excluding hydrogens is 188 g/mol. The number of furan rings is 2. The van der Waals surface area contributed by atoms with Crippen LogP contribution in [0.5, 0.6) is 0 Å². The van der Waals surface area contributed by atoms with Crippen molar-refractivity contribution in [2.75, 3.05) is 0 Å². The highest BCUT2D eigenvalue weighted by Crippen LogP contribution is 2.27. The Morgan fingerprint density at radius 2 is 1.40 bits per heavy atom. The first-order chi connectivity index (χ1) is 7.16. The first-order valence-electron chi connectivity index (χ1n) is 5.20. The highest BCUT2D eigenvalue weighted by atomic mass is 16.3. The van der Waals surface area contributed by atoms with Gasteiger partial charge in [-0.15, -0.1) is 0 Å². The summed E-state index contributed by atoms with van der Waals surface area (Å²) in [4.78, 5) is 0. The standard InChI is InChI=1S/C13H16O2/c1-13(2,9-11-5-3-7-14-11)10-12-6-4-8-15-12/h3-8H,9-10H2,1-2H3. The first-order valence-corrected chi connectivity index (χ1v) is 5.20. The lowest BCUT2D eigenvalue weighted by molar-refractivity contribution is 0.302. The van der Waals surface area contributed by atoms with E-state index in [1.54, 1.807) is 12.5 Å². The molecule has 15 heavy (non-hydrogen) atoms. The van der Waals surface area contributed by atoms with Crippen LogP contribution in [0.15, 0.2) is 45.6 Å². The minimum absolute atomic E-state index is 0.162. The van der Waals surface area contributed by atoms with Gasteiger partial charge in [0.05, 0.1) is 12.5 Å². The van der Waals surface area contributed by atoms with E-state index in [9.17, 15) is 0 Å². The molecule has 0 spiro atoms. The molecule has 0 aliphatic heterocycles. The fourth-order valence-corrected chi connectivity index (χ4v) is 1.83. The van der Waals surface area contributed by atoms with Crippen LogP contribution in [0.4, 0.5) is 0 Å². The summed E-state index contributed by atoms with van der Waals surface area (Å²) in [5.41, 5.74) is 0.162. The molecule has 0 aliphatic rings. The number of hydrogen-bond acceptors (Lipinski definition) is 2. The quantitative estimate of drug-likeness (QED) is 0.759. The van der Waals surface area contributed by atoms with E-state index >= 15 is 0 Å². The fourth-order valence-electron chi connectivity index (χ4n) is 1.83. The van der Waals surface area contributed by atoms with Crippen molar-refractivity contribution in [3.8, 4) is 0 Å². The van der Waals surface area contributed by atoms with E-state index < -0.39 is 0 Å². The zero-order valence-corrected chi connectivity index (χ0v) is 9.19. The molecule has 0 radical (unpaired) electrons. The lowest BCUT2D eigenvalue weighted by Crippen LogP contribution is -2.17. The Bertz CT molecular complexity index is 344. The van der Waals surface area contributed by atoms with Gasteiger partial charge in [0.15, 0.2) is 0 Å². The molecule has 80 valence electrons. The topological polar surface area (TPSA) is 26.3 Å². The van der Waals surface area contributed by atoms with E-state index in [0.717, 1.165) is 24.4 Å². The zero-order valence-electron chi connectivity index (χ0n) is 9.19. The van der Waals surface area contributed by atoms with E-state index in [-0.39, 0.29) is 5.41 Å². The third kappa shape index (κ3) is 2.75. The maximum atomic E-state index is 5.36. The summed E-state index contributed by atoms with van der Waals surface area (Å²) < 4.78 is 10.7. The number of rotatable bonds is 4. The van der Waals surface area contributed by atoms with Crippen molar-refractivity contribution < 1.29 is 8.83 Å². The second-order valence-electron chi connectivity index (χ2n) is 4.68. The van der Waals surface area contributed by atoms with Crippen LogP contribution in [0.25, 0.3) is 0 Å². The Kier molecular flexibility index (Phi) is 2.67. The third-order valence-corrected chi connectivity index (χ3v) is 2.47. The van der Waals surface area contributed by atoms with Gasteiger partial charge in [-0.3, -0.25) is 0 Å². The van der Waals surface area contributed by atoms with Crippen LogP contribution >= 0.6 is 0 Å². The van der Waals surface area contributed by atoms with Crippen LogP contribution in [0, 0.1) is 5.41 Å². The molecule has 2 nitrogen and oxygen atoms in total. The van der Waals surface area contributed by atoms with Gasteiger partial charge in [-0.05, 0) is 29.7 Å². The SMILES string of the molecule is CC(C)(Cc1ccco1)Cc1ccco1. The Morgan fingerprint density at radius 1 is 0.933 bits per heavy atom. The molecule has 0 N–H and O–H groups in total. The van der Waals surface area contributed by atoms with Crippen molar-refractivity contribution in [1.82, 2.24) is 0 Å². The summed E-state index contributed by atoms with van der Waals surface area (Å²) in [5, 5.41) is 0. The van der Waals surface area contributed by atoms with Gasteiger partial charge < -0.3 is 8.83 Å². The molecule has 2 aromatic rings. The van der Waals surface area contributed by atoms with Crippen molar-refractivity contribution in [1.29, 1.82) is 0 Å². The Morgan fingerprint density at radius 3 is 1.73 bits per heavy atom.